The average Bonchev–Trinajstić information content (AvgIpc) is 2.95. The van der Waals surface area contributed by atoms with Crippen molar-refractivity contribution in [1.29, 1.82) is 0 Å². The van der Waals surface area contributed by atoms with Crippen LogP contribution in [0.1, 0.15) is 26.3 Å². The maximum Gasteiger partial charge on any atom is 0.264 e. The largest absolute Gasteiger partial charge is 0.493 e. The van der Waals surface area contributed by atoms with Crippen LogP contribution in [0.15, 0.2) is 71.6 Å². The highest BCUT2D eigenvalue weighted by Crippen LogP contribution is 2.34. The summed E-state index contributed by atoms with van der Waals surface area (Å²) in [6.07, 6.45) is 0. The first kappa shape index (κ1) is 32.0. The number of methoxy groups -OCH3 is 2. The molecular formula is C29H33Cl2N3O6S. The van der Waals surface area contributed by atoms with E-state index < -0.39 is 34.4 Å². The van der Waals surface area contributed by atoms with Gasteiger partial charge in [0.1, 0.15) is 12.6 Å². The minimum absolute atomic E-state index is 0.0196. The predicted octanol–water partition coefficient (Wildman–Crippen LogP) is 5.15. The summed E-state index contributed by atoms with van der Waals surface area (Å²) in [6.45, 7) is 4.40. The van der Waals surface area contributed by atoms with Gasteiger partial charge in [0, 0.05) is 34.3 Å². The van der Waals surface area contributed by atoms with Gasteiger partial charge in [0.2, 0.25) is 11.8 Å². The number of rotatable bonds is 12. The number of nitrogens with zero attached hydrogens (tertiary/aromatic N) is 2. The summed E-state index contributed by atoms with van der Waals surface area (Å²) in [4.78, 5) is 28.3. The molecule has 3 aromatic carbocycles. The SMILES string of the molecule is COc1ccc(N(CC(=O)N(Cc2c(Cl)cccc2Cl)[C@@H](C)C(=O)NC(C)C)S(=O)(=O)c2ccccc2)cc1OC. The summed E-state index contributed by atoms with van der Waals surface area (Å²) in [6, 6.07) is 16.0. The van der Waals surface area contributed by atoms with Gasteiger partial charge in [0.05, 0.1) is 24.8 Å². The Balaban J connectivity index is 2.11. The van der Waals surface area contributed by atoms with Gasteiger partial charge in [-0.3, -0.25) is 13.9 Å². The zero-order valence-corrected chi connectivity index (χ0v) is 25.8. The number of carbonyl (C=O) groups is 2. The van der Waals surface area contributed by atoms with Crippen molar-refractivity contribution < 1.29 is 27.5 Å². The van der Waals surface area contributed by atoms with E-state index in [1.54, 1.807) is 63.2 Å². The van der Waals surface area contributed by atoms with E-state index in [1.165, 1.54) is 43.4 Å². The van der Waals surface area contributed by atoms with Crippen LogP contribution in [-0.4, -0.2) is 58.0 Å². The highest BCUT2D eigenvalue weighted by molar-refractivity contribution is 7.92. The molecule has 0 aromatic heterocycles. The van der Waals surface area contributed by atoms with Gasteiger partial charge >= 0.3 is 0 Å². The van der Waals surface area contributed by atoms with E-state index in [1.807, 2.05) is 0 Å². The molecule has 3 aromatic rings. The van der Waals surface area contributed by atoms with Gasteiger partial charge in [-0.05, 0) is 57.2 Å². The number of anilines is 1. The molecular weight excluding hydrogens is 589 g/mol. The second-order valence-electron chi connectivity index (χ2n) is 9.43. The third-order valence-electron chi connectivity index (χ3n) is 6.25. The molecule has 0 saturated carbocycles. The Morgan fingerprint density at radius 3 is 2.05 bits per heavy atom. The van der Waals surface area contributed by atoms with Crippen molar-refractivity contribution in [2.45, 2.75) is 44.3 Å². The number of ether oxygens (including phenoxy) is 2. The van der Waals surface area contributed by atoms with Crippen molar-refractivity contribution in [2.24, 2.45) is 0 Å². The number of amides is 2. The van der Waals surface area contributed by atoms with Crippen molar-refractivity contribution in [3.05, 3.63) is 82.3 Å². The van der Waals surface area contributed by atoms with E-state index in [-0.39, 0.29) is 28.9 Å². The van der Waals surface area contributed by atoms with E-state index in [4.69, 9.17) is 32.7 Å². The van der Waals surface area contributed by atoms with Crippen LogP contribution < -0.4 is 19.1 Å². The summed E-state index contributed by atoms with van der Waals surface area (Å²) in [5.41, 5.74) is 0.590. The second-order valence-corrected chi connectivity index (χ2v) is 12.1. The Hall–Kier alpha value is -3.47. The van der Waals surface area contributed by atoms with Crippen molar-refractivity contribution >= 4 is 50.7 Å². The summed E-state index contributed by atoms with van der Waals surface area (Å²) in [7, 11) is -1.36. The molecule has 0 heterocycles. The van der Waals surface area contributed by atoms with E-state index in [0.717, 1.165) is 4.31 Å². The van der Waals surface area contributed by atoms with Crippen LogP contribution in [0.3, 0.4) is 0 Å². The van der Waals surface area contributed by atoms with Crippen LogP contribution >= 0.6 is 23.2 Å². The van der Waals surface area contributed by atoms with Crippen LogP contribution in [0.5, 0.6) is 11.5 Å². The standard InChI is InChI=1S/C29H33Cl2N3O6S/c1-19(2)32-29(36)20(3)33(17-23-24(30)12-9-13-25(23)31)28(35)18-34(41(37,38)22-10-7-6-8-11-22)21-14-15-26(39-4)27(16-21)40-5/h6-16,19-20H,17-18H2,1-5H3,(H,32,36)/t20-/m0/s1. The molecule has 12 heteroatoms. The number of hydrogen-bond acceptors (Lipinski definition) is 6. The zero-order valence-electron chi connectivity index (χ0n) is 23.4. The molecule has 0 radical (unpaired) electrons. The highest BCUT2D eigenvalue weighted by atomic mass is 35.5. The normalized spacial score (nSPS) is 12.0. The lowest BCUT2D eigenvalue weighted by molar-refractivity contribution is -0.139. The third kappa shape index (κ3) is 7.63. The van der Waals surface area contributed by atoms with Crippen molar-refractivity contribution in [3.8, 4) is 11.5 Å². The number of halogens is 2. The van der Waals surface area contributed by atoms with Gasteiger partial charge in [-0.15, -0.1) is 0 Å². The fraction of sp³-hybridized carbons (Fsp3) is 0.310. The predicted molar refractivity (Wildman–Crippen MR) is 160 cm³/mol. The molecule has 0 fully saturated rings. The molecule has 0 aliphatic carbocycles. The minimum Gasteiger partial charge on any atom is -0.493 e. The molecule has 0 aliphatic rings. The first-order chi connectivity index (χ1) is 19.4. The quantitative estimate of drug-likeness (QED) is 0.300. The Morgan fingerprint density at radius 1 is 0.878 bits per heavy atom. The van der Waals surface area contributed by atoms with Crippen LogP contribution in [0.4, 0.5) is 5.69 Å². The molecule has 0 bridgehead atoms. The monoisotopic (exact) mass is 621 g/mol. The minimum atomic E-state index is -4.24. The van der Waals surface area contributed by atoms with E-state index >= 15 is 0 Å². The molecule has 0 saturated heterocycles. The number of hydrogen-bond donors (Lipinski definition) is 1. The van der Waals surface area contributed by atoms with Crippen molar-refractivity contribution in [1.82, 2.24) is 10.2 Å². The van der Waals surface area contributed by atoms with Crippen LogP contribution in [0.2, 0.25) is 10.0 Å². The van der Waals surface area contributed by atoms with Crippen molar-refractivity contribution in [2.75, 3.05) is 25.1 Å². The first-order valence-corrected chi connectivity index (χ1v) is 14.9. The van der Waals surface area contributed by atoms with Gasteiger partial charge in [0.15, 0.2) is 11.5 Å². The number of nitrogens with one attached hydrogen (secondary N) is 1. The lowest BCUT2D eigenvalue weighted by atomic mass is 10.1. The third-order valence-corrected chi connectivity index (χ3v) is 8.75. The van der Waals surface area contributed by atoms with Gasteiger partial charge in [-0.25, -0.2) is 8.42 Å². The number of benzene rings is 3. The number of sulfonamides is 1. The Kier molecular flexibility index (Phi) is 10.9. The van der Waals surface area contributed by atoms with E-state index in [2.05, 4.69) is 5.32 Å². The zero-order chi connectivity index (χ0) is 30.3. The molecule has 1 N–H and O–H groups in total. The van der Waals surface area contributed by atoms with Gasteiger partial charge in [-0.2, -0.15) is 0 Å². The maximum absolute atomic E-state index is 14.0. The van der Waals surface area contributed by atoms with Crippen LogP contribution in [0, 0.1) is 0 Å². The Morgan fingerprint density at radius 2 is 1.49 bits per heavy atom. The fourth-order valence-electron chi connectivity index (χ4n) is 4.07. The Bertz CT molecular complexity index is 1460. The Labute approximate surface area is 251 Å². The van der Waals surface area contributed by atoms with E-state index in [9.17, 15) is 18.0 Å². The first-order valence-electron chi connectivity index (χ1n) is 12.7. The summed E-state index contributed by atoms with van der Waals surface area (Å²) in [5.74, 6) is -0.412. The molecule has 220 valence electrons. The summed E-state index contributed by atoms with van der Waals surface area (Å²) in [5, 5.41) is 3.41. The van der Waals surface area contributed by atoms with E-state index in [0.29, 0.717) is 21.4 Å². The fourth-order valence-corrected chi connectivity index (χ4v) is 6.01. The summed E-state index contributed by atoms with van der Waals surface area (Å²) < 4.78 is 39.5. The topological polar surface area (TPSA) is 105 Å². The molecule has 41 heavy (non-hydrogen) atoms. The molecule has 0 spiro atoms. The van der Waals surface area contributed by atoms with Gasteiger partial charge in [0.25, 0.3) is 10.0 Å². The molecule has 0 unspecified atom stereocenters. The molecule has 0 aliphatic heterocycles. The summed E-state index contributed by atoms with van der Waals surface area (Å²) >= 11 is 12.8. The molecule has 1 atom stereocenters. The van der Waals surface area contributed by atoms with Crippen LogP contribution in [-0.2, 0) is 26.2 Å². The highest BCUT2D eigenvalue weighted by Gasteiger charge is 2.33. The smallest absolute Gasteiger partial charge is 0.264 e. The average molecular weight is 623 g/mol. The maximum atomic E-state index is 14.0. The van der Waals surface area contributed by atoms with Crippen molar-refractivity contribution in [3.63, 3.8) is 0 Å². The van der Waals surface area contributed by atoms with Gasteiger partial charge in [-0.1, -0.05) is 47.5 Å². The number of carbonyl (C=O) groups excluding carboxylic acids is 2. The lowest BCUT2D eigenvalue weighted by Gasteiger charge is -2.32. The molecule has 9 nitrogen and oxygen atoms in total. The molecule has 3 rings (SSSR count). The van der Waals surface area contributed by atoms with Crippen LogP contribution in [0.25, 0.3) is 0 Å². The van der Waals surface area contributed by atoms with Gasteiger partial charge < -0.3 is 19.7 Å². The molecule has 2 amide bonds. The lowest BCUT2D eigenvalue weighted by Crippen LogP contribution is -2.52. The second kappa shape index (κ2) is 13.9.